The van der Waals surface area contributed by atoms with E-state index in [2.05, 4.69) is 0 Å². The summed E-state index contributed by atoms with van der Waals surface area (Å²) in [5, 5.41) is 0. The smallest absolute Gasteiger partial charge is 0.336 e. The lowest BCUT2D eigenvalue weighted by atomic mass is 10.1. The Kier molecular flexibility index (Phi) is 5.63. The number of carbonyl (C=O) groups is 1. The first-order chi connectivity index (χ1) is 13.5. The van der Waals surface area contributed by atoms with Crippen LogP contribution in [0, 0.1) is 11.6 Å². The van der Waals surface area contributed by atoms with E-state index < -0.39 is 49.8 Å². The molecule has 2 aromatic rings. The summed E-state index contributed by atoms with van der Waals surface area (Å²) in [6.45, 7) is -1.06. The fraction of sp³-hybridized carbons (Fsp3) is 0.278. The monoisotopic (exact) mass is 434 g/mol. The Morgan fingerprint density at radius 3 is 1.97 bits per heavy atom. The summed E-state index contributed by atoms with van der Waals surface area (Å²) in [6.07, 6.45) is -4.72. The van der Waals surface area contributed by atoms with Crippen LogP contribution in [0.5, 0.6) is 0 Å². The molecule has 0 saturated carbocycles. The molecule has 1 heterocycles. The van der Waals surface area contributed by atoms with Gasteiger partial charge in [0.2, 0.25) is 10.0 Å². The van der Waals surface area contributed by atoms with Gasteiger partial charge in [0.15, 0.2) is 4.90 Å². The van der Waals surface area contributed by atoms with Crippen LogP contribution in [0.4, 0.5) is 22.0 Å². The molecule has 156 valence electrons. The minimum Gasteiger partial charge on any atom is -0.336 e. The zero-order valence-electron chi connectivity index (χ0n) is 14.8. The predicted molar refractivity (Wildman–Crippen MR) is 92.5 cm³/mol. The first-order valence-corrected chi connectivity index (χ1v) is 9.87. The molecule has 2 aromatic carbocycles. The minimum absolute atomic E-state index is 0.222. The number of piperazine rings is 1. The molecule has 5 nitrogen and oxygen atoms in total. The van der Waals surface area contributed by atoms with E-state index in [1.54, 1.807) is 0 Å². The molecule has 29 heavy (non-hydrogen) atoms. The zero-order chi connectivity index (χ0) is 21.4. The van der Waals surface area contributed by atoms with Crippen LogP contribution in [0.15, 0.2) is 47.4 Å². The van der Waals surface area contributed by atoms with Crippen molar-refractivity contribution >= 4 is 15.9 Å². The minimum atomic E-state index is -4.72. The van der Waals surface area contributed by atoms with Crippen molar-refractivity contribution < 1.29 is 35.2 Å². The maximum Gasteiger partial charge on any atom is 0.417 e. The van der Waals surface area contributed by atoms with Gasteiger partial charge in [-0.3, -0.25) is 4.79 Å². The van der Waals surface area contributed by atoms with Crippen molar-refractivity contribution in [2.75, 3.05) is 26.2 Å². The maximum atomic E-state index is 13.9. The third kappa shape index (κ3) is 4.10. The van der Waals surface area contributed by atoms with Crippen LogP contribution in [0.1, 0.15) is 15.9 Å². The molecular formula is C18H15F5N2O3S. The fourth-order valence-corrected chi connectivity index (χ4v) is 4.61. The number of alkyl halides is 3. The molecule has 0 bridgehead atoms. The summed E-state index contributed by atoms with van der Waals surface area (Å²) in [4.78, 5) is 12.5. The SMILES string of the molecule is O=C(c1ccccc1C(F)(F)F)N1CCN(S(=O)(=O)c2c(F)cccc2F)CC1. The highest BCUT2D eigenvalue weighted by molar-refractivity contribution is 7.89. The standard InChI is InChI=1S/C18H15F5N2O3S/c19-14-6-3-7-15(20)16(14)29(27,28)25-10-8-24(9-11-25)17(26)12-4-1-2-5-13(12)18(21,22)23/h1-7H,8-11H2. The number of carbonyl (C=O) groups excluding carboxylic acids is 1. The van der Waals surface area contributed by atoms with Crippen molar-refractivity contribution in [1.82, 2.24) is 9.21 Å². The molecule has 1 aliphatic heterocycles. The molecule has 0 radical (unpaired) electrons. The summed E-state index contributed by atoms with van der Waals surface area (Å²) >= 11 is 0. The van der Waals surface area contributed by atoms with Crippen molar-refractivity contribution in [2.45, 2.75) is 11.1 Å². The maximum absolute atomic E-state index is 13.9. The van der Waals surface area contributed by atoms with E-state index >= 15 is 0 Å². The Balaban J connectivity index is 1.79. The average Bonchev–Trinajstić information content (AvgIpc) is 2.66. The molecule has 0 atom stereocenters. The van der Waals surface area contributed by atoms with Crippen molar-refractivity contribution in [3.63, 3.8) is 0 Å². The van der Waals surface area contributed by atoms with Gasteiger partial charge in [-0.2, -0.15) is 17.5 Å². The summed E-state index contributed by atoms with van der Waals surface area (Å²) in [5.41, 5.74) is -1.63. The Morgan fingerprint density at radius 1 is 0.862 bits per heavy atom. The molecule has 1 aliphatic rings. The van der Waals surface area contributed by atoms with Gasteiger partial charge >= 0.3 is 6.18 Å². The molecule has 0 aromatic heterocycles. The number of hydrogen-bond donors (Lipinski definition) is 0. The van der Waals surface area contributed by atoms with Gasteiger partial charge in [-0.15, -0.1) is 0 Å². The molecule has 1 fully saturated rings. The number of benzene rings is 2. The van der Waals surface area contributed by atoms with Crippen LogP contribution in [-0.2, 0) is 16.2 Å². The lowest BCUT2D eigenvalue weighted by Crippen LogP contribution is -2.51. The largest absolute Gasteiger partial charge is 0.417 e. The van der Waals surface area contributed by atoms with Crippen LogP contribution in [-0.4, -0.2) is 49.7 Å². The van der Waals surface area contributed by atoms with Crippen LogP contribution in [0.3, 0.4) is 0 Å². The number of rotatable bonds is 3. The van der Waals surface area contributed by atoms with Crippen molar-refractivity contribution in [3.05, 3.63) is 65.2 Å². The number of hydrogen-bond acceptors (Lipinski definition) is 3. The highest BCUT2D eigenvalue weighted by Gasteiger charge is 2.38. The second kappa shape index (κ2) is 7.71. The Hall–Kier alpha value is -2.53. The van der Waals surface area contributed by atoms with Crippen LogP contribution < -0.4 is 0 Å². The fourth-order valence-electron chi connectivity index (χ4n) is 3.08. The predicted octanol–water partition coefficient (Wildman–Crippen LogP) is 3.13. The molecule has 0 N–H and O–H groups in total. The Morgan fingerprint density at radius 2 is 1.41 bits per heavy atom. The lowest BCUT2D eigenvalue weighted by molar-refractivity contribution is -0.138. The molecule has 0 unspecified atom stereocenters. The average molecular weight is 434 g/mol. The topological polar surface area (TPSA) is 57.7 Å². The van der Waals surface area contributed by atoms with Crippen LogP contribution >= 0.6 is 0 Å². The second-order valence-corrected chi connectivity index (χ2v) is 8.17. The third-order valence-corrected chi connectivity index (χ3v) is 6.46. The van der Waals surface area contributed by atoms with E-state index in [1.807, 2.05) is 0 Å². The molecule has 3 rings (SSSR count). The van der Waals surface area contributed by atoms with Crippen molar-refractivity contribution in [1.29, 1.82) is 0 Å². The number of halogens is 5. The van der Waals surface area contributed by atoms with E-state index in [1.165, 1.54) is 6.07 Å². The summed E-state index contributed by atoms with van der Waals surface area (Å²) in [6, 6.07) is 6.93. The zero-order valence-corrected chi connectivity index (χ0v) is 15.6. The van der Waals surface area contributed by atoms with E-state index in [0.29, 0.717) is 0 Å². The Bertz CT molecular complexity index is 1010. The number of nitrogens with zero attached hydrogens (tertiary/aromatic N) is 2. The lowest BCUT2D eigenvalue weighted by Gasteiger charge is -2.34. The van der Waals surface area contributed by atoms with E-state index in [0.717, 1.165) is 45.6 Å². The number of amides is 1. The van der Waals surface area contributed by atoms with Gasteiger partial charge in [0, 0.05) is 26.2 Å². The van der Waals surface area contributed by atoms with Gasteiger partial charge in [0.05, 0.1) is 11.1 Å². The van der Waals surface area contributed by atoms with Crippen molar-refractivity contribution in [2.24, 2.45) is 0 Å². The quantitative estimate of drug-likeness (QED) is 0.698. The highest BCUT2D eigenvalue weighted by Crippen LogP contribution is 2.32. The first-order valence-electron chi connectivity index (χ1n) is 8.43. The van der Waals surface area contributed by atoms with Gasteiger partial charge in [-0.1, -0.05) is 18.2 Å². The third-order valence-electron chi connectivity index (χ3n) is 4.51. The summed E-state index contributed by atoms with van der Waals surface area (Å²) < 4.78 is 93.0. The molecule has 0 aliphatic carbocycles. The normalized spacial score (nSPS) is 16.1. The van der Waals surface area contributed by atoms with Gasteiger partial charge in [0.25, 0.3) is 5.91 Å². The van der Waals surface area contributed by atoms with Crippen LogP contribution in [0.2, 0.25) is 0 Å². The van der Waals surface area contributed by atoms with E-state index in [-0.39, 0.29) is 26.2 Å². The van der Waals surface area contributed by atoms with E-state index in [9.17, 15) is 35.2 Å². The summed E-state index contributed by atoms with van der Waals surface area (Å²) in [7, 11) is -4.50. The highest BCUT2D eigenvalue weighted by atomic mass is 32.2. The van der Waals surface area contributed by atoms with Gasteiger partial charge in [-0.25, -0.2) is 17.2 Å². The molecule has 1 saturated heterocycles. The van der Waals surface area contributed by atoms with Gasteiger partial charge < -0.3 is 4.90 Å². The summed E-state index contributed by atoms with van der Waals surface area (Å²) in [5.74, 6) is -3.39. The van der Waals surface area contributed by atoms with Gasteiger partial charge in [-0.05, 0) is 24.3 Å². The van der Waals surface area contributed by atoms with Gasteiger partial charge in [0.1, 0.15) is 11.6 Å². The van der Waals surface area contributed by atoms with Crippen LogP contribution in [0.25, 0.3) is 0 Å². The Labute approximate surface area is 163 Å². The van der Waals surface area contributed by atoms with Crippen molar-refractivity contribution in [3.8, 4) is 0 Å². The number of sulfonamides is 1. The van der Waals surface area contributed by atoms with E-state index in [4.69, 9.17) is 0 Å². The molecule has 0 spiro atoms. The first kappa shape index (κ1) is 21.2. The molecule has 1 amide bonds. The second-order valence-electron chi connectivity index (χ2n) is 6.29. The molecule has 11 heteroatoms. The molecular weight excluding hydrogens is 419 g/mol.